The number of benzene rings is 3. The minimum atomic E-state index is -0.405. The zero-order valence-corrected chi connectivity index (χ0v) is 17.9. The molecule has 0 aliphatic rings. The van der Waals surface area contributed by atoms with Crippen molar-refractivity contribution in [2.75, 3.05) is 5.43 Å². The van der Waals surface area contributed by atoms with Crippen molar-refractivity contribution >= 4 is 44.3 Å². The number of nitro benzene ring substituents is 1. The van der Waals surface area contributed by atoms with Crippen LogP contribution in [0.1, 0.15) is 5.56 Å². The maximum atomic E-state index is 11.0. The number of nitrogens with zero attached hydrogens (tertiary/aromatic N) is 3. The average molecular weight is 479 g/mol. The second-order valence-electron chi connectivity index (χ2n) is 6.29. The standard InChI is InChI=1S/C22H15BrN4O2S/c23-18-8-4-5-15(13-18)14-24-26-22-25-20(16-6-2-1-3-7-16)21(30-22)17-9-11-19(12-10-17)27(28)29/h1-14H,(H,25,26)/b24-14-. The highest BCUT2D eigenvalue weighted by molar-refractivity contribution is 9.10. The molecule has 0 atom stereocenters. The first-order valence-corrected chi connectivity index (χ1v) is 10.6. The number of aromatic nitrogens is 1. The Bertz CT molecular complexity index is 1210. The van der Waals surface area contributed by atoms with Gasteiger partial charge in [-0.3, -0.25) is 15.5 Å². The van der Waals surface area contributed by atoms with Crippen molar-refractivity contribution in [1.82, 2.24) is 4.98 Å². The van der Waals surface area contributed by atoms with Gasteiger partial charge in [-0.1, -0.05) is 69.7 Å². The summed E-state index contributed by atoms with van der Waals surface area (Å²) in [5.41, 5.74) is 6.63. The van der Waals surface area contributed by atoms with Crippen LogP contribution in [0.25, 0.3) is 21.7 Å². The number of anilines is 1. The van der Waals surface area contributed by atoms with Crippen molar-refractivity contribution < 1.29 is 4.92 Å². The zero-order valence-electron chi connectivity index (χ0n) is 15.5. The molecule has 0 saturated carbocycles. The van der Waals surface area contributed by atoms with Crippen molar-refractivity contribution in [2.24, 2.45) is 5.10 Å². The molecule has 0 amide bonds. The predicted molar refractivity (Wildman–Crippen MR) is 125 cm³/mol. The Morgan fingerprint density at radius 1 is 1.00 bits per heavy atom. The number of hydrogen-bond acceptors (Lipinski definition) is 6. The largest absolute Gasteiger partial charge is 0.269 e. The molecular weight excluding hydrogens is 464 g/mol. The van der Waals surface area contributed by atoms with Gasteiger partial charge in [0, 0.05) is 22.2 Å². The Hall–Kier alpha value is -3.36. The van der Waals surface area contributed by atoms with E-state index in [0.29, 0.717) is 5.13 Å². The third kappa shape index (κ3) is 4.61. The van der Waals surface area contributed by atoms with Crippen LogP contribution in [0.2, 0.25) is 0 Å². The molecule has 0 bridgehead atoms. The number of non-ortho nitro benzene ring substituents is 1. The molecule has 4 aromatic rings. The molecule has 6 nitrogen and oxygen atoms in total. The van der Waals surface area contributed by atoms with Crippen molar-refractivity contribution in [2.45, 2.75) is 0 Å². The first-order valence-electron chi connectivity index (χ1n) is 8.96. The molecule has 1 aromatic heterocycles. The van der Waals surface area contributed by atoms with E-state index in [1.807, 2.05) is 54.6 Å². The normalized spacial score (nSPS) is 11.0. The SMILES string of the molecule is O=[N+]([O-])c1ccc(-c2sc(N/N=C\c3cccc(Br)c3)nc2-c2ccccc2)cc1. The Morgan fingerprint density at radius 3 is 2.47 bits per heavy atom. The van der Waals surface area contributed by atoms with E-state index in [2.05, 4.69) is 26.5 Å². The first kappa shape index (κ1) is 19.9. The predicted octanol–water partition coefficient (Wildman–Crippen LogP) is 6.59. The summed E-state index contributed by atoms with van der Waals surface area (Å²) in [7, 11) is 0. The number of rotatable bonds is 6. The topological polar surface area (TPSA) is 80.4 Å². The molecule has 4 rings (SSSR count). The van der Waals surface area contributed by atoms with Gasteiger partial charge in [0.1, 0.15) is 0 Å². The minimum absolute atomic E-state index is 0.0569. The van der Waals surface area contributed by atoms with E-state index in [9.17, 15) is 10.1 Å². The van der Waals surface area contributed by atoms with Crippen LogP contribution in [0.3, 0.4) is 0 Å². The Kier molecular flexibility index (Phi) is 5.97. The Morgan fingerprint density at radius 2 is 1.77 bits per heavy atom. The van der Waals surface area contributed by atoms with Crippen LogP contribution in [-0.2, 0) is 0 Å². The number of thiazole rings is 1. The van der Waals surface area contributed by atoms with Gasteiger partial charge in [-0.2, -0.15) is 5.10 Å². The summed E-state index contributed by atoms with van der Waals surface area (Å²) >= 11 is 4.89. The fraction of sp³-hybridized carbons (Fsp3) is 0. The Balaban J connectivity index is 1.66. The fourth-order valence-electron chi connectivity index (χ4n) is 2.84. The second kappa shape index (κ2) is 8.98. The Labute approximate surface area is 185 Å². The highest BCUT2D eigenvalue weighted by Gasteiger charge is 2.16. The zero-order chi connectivity index (χ0) is 20.9. The monoisotopic (exact) mass is 478 g/mol. The minimum Gasteiger partial charge on any atom is -0.258 e. The highest BCUT2D eigenvalue weighted by atomic mass is 79.9. The maximum absolute atomic E-state index is 11.0. The molecule has 30 heavy (non-hydrogen) atoms. The van der Waals surface area contributed by atoms with Gasteiger partial charge >= 0.3 is 0 Å². The summed E-state index contributed by atoms with van der Waals surface area (Å²) in [5.74, 6) is 0. The summed E-state index contributed by atoms with van der Waals surface area (Å²) in [6.07, 6.45) is 1.72. The number of halogens is 1. The molecule has 148 valence electrons. The fourth-order valence-corrected chi connectivity index (χ4v) is 4.20. The lowest BCUT2D eigenvalue weighted by molar-refractivity contribution is -0.384. The van der Waals surface area contributed by atoms with Crippen molar-refractivity contribution in [3.8, 4) is 21.7 Å². The van der Waals surface area contributed by atoms with Gasteiger partial charge in [-0.05, 0) is 35.4 Å². The van der Waals surface area contributed by atoms with Gasteiger partial charge in [0.05, 0.1) is 21.7 Å². The molecule has 0 radical (unpaired) electrons. The summed E-state index contributed by atoms with van der Waals surface area (Å²) in [6, 6.07) is 24.1. The molecule has 0 fully saturated rings. The summed E-state index contributed by atoms with van der Waals surface area (Å²) in [5, 5.41) is 15.9. The van der Waals surface area contributed by atoms with E-state index in [-0.39, 0.29) is 5.69 Å². The molecule has 0 saturated heterocycles. The third-order valence-electron chi connectivity index (χ3n) is 4.24. The average Bonchev–Trinajstić information content (AvgIpc) is 3.19. The van der Waals surface area contributed by atoms with E-state index in [0.717, 1.165) is 31.7 Å². The van der Waals surface area contributed by atoms with Gasteiger partial charge in [0.15, 0.2) is 0 Å². The smallest absolute Gasteiger partial charge is 0.258 e. The van der Waals surface area contributed by atoms with Crippen LogP contribution in [0.4, 0.5) is 10.8 Å². The van der Waals surface area contributed by atoms with Gasteiger partial charge in [-0.25, -0.2) is 4.98 Å². The lowest BCUT2D eigenvalue weighted by atomic mass is 10.1. The molecule has 1 N–H and O–H groups in total. The van der Waals surface area contributed by atoms with Crippen LogP contribution in [0.5, 0.6) is 0 Å². The van der Waals surface area contributed by atoms with Crippen molar-refractivity contribution in [1.29, 1.82) is 0 Å². The summed E-state index contributed by atoms with van der Waals surface area (Å²) in [6.45, 7) is 0. The molecule has 1 heterocycles. The van der Waals surface area contributed by atoms with Gasteiger partial charge in [0.25, 0.3) is 5.69 Å². The molecule has 0 spiro atoms. The summed E-state index contributed by atoms with van der Waals surface area (Å²) in [4.78, 5) is 16.2. The van der Waals surface area contributed by atoms with E-state index >= 15 is 0 Å². The quantitative estimate of drug-likeness (QED) is 0.192. The molecular formula is C22H15BrN4O2S. The highest BCUT2D eigenvalue weighted by Crippen LogP contribution is 2.39. The van der Waals surface area contributed by atoms with E-state index in [1.54, 1.807) is 18.3 Å². The third-order valence-corrected chi connectivity index (χ3v) is 5.74. The van der Waals surface area contributed by atoms with E-state index in [1.165, 1.54) is 23.5 Å². The van der Waals surface area contributed by atoms with Crippen LogP contribution in [0.15, 0.2) is 88.4 Å². The van der Waals surface area contributed by atoms with Crippen LogP contribution < -0.4 is 5.43 Å². The van der Waals surface area contributed by atoms with Crippen molar-refractivity contribution in [3.63, 3.8) is 0 Å². The van der Waals surface area contributed by atoms with Crippen molar-refractivity contribution in [3.05, 3.63) is 99.0 Å². The first-order chi connectivity index (χ1) is 14.6. The molecule has 0 aliphatic carbocycles. The van der Waals surface area contributed by atoms with Crippen LogP contribution >= 0.6 is 27.3 Å². The van der Waals surface area contributed by atoms with Crippen LogP contribution in [-0.4, -0.2) is 16.1 Å². The lowest BCUT2D eigenvalue weighted by Gasteiger charge is -2.02. The number of hydrazone groups is 1. The number of nitrogens with one attached hydrogen (secondary N) is 1. The molecule has 0 aliphatic heterocycles. The van der Waals surface area contributed by atoms with Gasteiger partial charge in [-0.15, -0.1) is 0 Å². The summed E-state index contributed by atoms with van der Waals surface area (Å²) < 4.78 is 0.979. The molecule has 8 heteroatoms. The number of nitro groups is 1. The maximum Gasteiger partial charge on any atom is 0.269 e. The van der Waals surface area contributed by atoms with E-state index in [4.69, 9.17) is 4.98 Å². The molecule has 3 aromatic carbocycles. The van der Waals surface area contributed by atoms with Gasteiger partial charge in [0.2, 0.25) is 5.13 Å². The number of hydrogen-bond donors (Lipinski definition) is 1. The van der Waals surface area contributed by atoms with Gasteiger partial charge < -0.3 is 0 Å². The van der Waals surface area contributed by atoms with Crippen LogP contribution in [0, 0.1) is 10.1 Å². The second-order valence-corrected chi connectivity index (χ2v) is 8.21. The molecule has 0 unspecified atom stereocenters. The lowest BCUT2D eigenvalue weighted by Crippen LogP contribution is -1.90. The van der Waals surface area contributed by atoms with E-state index < -0.39 is 4.92 Å².